The molecule has 0 N–H and O–H groups in total. The Kier molecular flexibility index (Phi) is 7.97. The molecule has 0 saturated carbocycles. The zero-order chi connectivity index (χ0) is 22.4. The minimum absolute atomic E-state index is 0.0120. The number of ether oxygens (including phenoxy) is 1. The van der Waals surface area contributed by atoms with Gasteiger partial charge in [0.25, 0.3) is 5.91 Å². The van der Waals surface area contributed by atoms with E-state index in [0.29, 0.717) is 38.3 Å². The molecule has 0 aromatic heterocycles. The van der Waals surface area contributed by atoms with E-state index in [2.05, 4.69) is 31.2 Å². The molecule has 1 aliphatic heterocycles. The lowest BCUT2D eigenvalue weighted by Crippen LogP contribution is -2.39. The summed E-state index contributed by atoms with van der Waals surface area (Å²) in [7, 11) is 0. The predicted octanol–water partition coefficient (Wildman–Crippen LogP) is 4.34. The third-order valence-corrected chi connectivity index (χ3v) is 6.32. The molecule has 2 aromatic carbocycles. The van der Waals surface area contributed by atoms with Crippen molar-refractivity contribution in [3.63, 3.8) is 0 Å². The molecule has 2 amide bonds. The van der Waals surface area contributed by atoms with Gasteiger partial charge in [-0.2, -0.15) is 0 Å². The lowest BCUT2D eigenvalue weighted by atomic mass is 10.1. The maximum atomic E-state index is 12.7. The third-order valence-electron chi connectivity index (χ3n) is 5.72. The van der Waals surface area contributed by atoms with Gasteiger partial charge in [0.15, 0.2) is 6.61 Å². The average Bonchev–Trinajstić information content (AvgIpc) is 3.01. The molecule has 3 rings (SSSR count). The van der Waals surface area contributed by atoms with E-state index in [1.54, 1.807) is 4.90 Å². The highest BCUT2D eigenvalue weighted by molar-refractivity contribution is 6.32. The van der Waals surface area contributed by atoms with Crippen LogP contribution < -0.4 is 4.74 Å². The molecule has 0 atom stereocenters. The van der Waals surface area contributed by atoms with Crippen LogP contribution >= 0.6 is 11.6 Å². The lowest BCUT2D eigenvalue weighted by Gasteiger charge is -2.22. The highest BCUT2D eigenvalue weighted by Gasteiger charge is 2.22. The van der Waals surface area contributed by atoms with Crippen molar-refractivity contribution in [3.8, 4) is 5.75 Å². The fourth-order valence-electron chi connectivity index (χ4n) is 3.81. The molecular weight excluding hydrogens is 412 g/mol. The molecule has 166 valence electrons. The van der Waals surface area contributed by atoms with Crippen molar-refractivity contribution >= 4 is 23.4 Å². The standard InChI is InChI=1S/C25H31ClN2O3/c1-18-5-7-21(8-6-18)9-10-23(29)27-11-4-12-28(14-13-27)24(30)17-31-22-15-19(2)25(26)20(3)16-22/h5-8,15-16H,4,9-14,17H2,1-3H3. The highest BCUT2D eigenvalue weighted by Crippen LogP contribution is 2.25. The van der Waals surface area contributed by atoms with Crippen LogP contribution in [0.15, 0.2) is 36.4 Å². The second-order valence-corrected chi connectivity index (χ2v) is 8.64. The normalized spacial score (nSPS) is 14.3. The summed E-state index contributed by atoms with van der Waals surface area (Å²) < 4.78 is 5.72. The van der Waals surface area contributed by atoms with Crippen molar-refractivity contribution in [1.29, 1.82) is 0 Å². The largest absolute Gasteiger partial charge is 0.484 e. The van der Waals surface area contributed by atoms with Crippen molar-refractivity contribution in [2.75, 3.05) is 32.8 Å². The Labute approximate surface area is 189 Å². The Morgan fingerprint density at radius 3 is 2.10 bits per heavy atom. The van der Waals surface area contributed by atoms with E-state index in [-0.39, 0.29) is 18.4 Å². The average molecular weight is 443 g/mol. The quantitative estimate of drug-likeness (QED) is 0.668. The molecular formula is C25H31ClN2O3. The zero-order valence-electron chi connectivity index (χ0n) is 18.6. The van der Waals surface area contributed by atoms with Gasteiger partial charge in [-0.05, 0) is 62.4 Å². The Morgan fingerprint density at radius 2 is 1.48 bits per heavy atom. The van der Waals surface area contributed by atoms with Gasteiger partial charge in [-0.1, -0.05) is 41.4 Å². The van der Waals surface area contributed by atoms with Crippen molar-refractivity contribution in [2.45, 2.75) is 40.0 Å². The first-order chi connectivity index (χ1) is 14.8. The van der Waals surface area contributed by atoms with Crippen LogP contribution in [0, 0.1) is 20.8 Å². The summed E-state index contributed by atoms with van der Waals surface area (Å²) in [5.74, 6) is 0.743. The van der Waals surface area contributed by atoms with Crippen LogP contribution in [0.5, 0.6) is 5.75 Å². The monoisotopic (exact) mass is 442 g/mol. The summed E-state index contributed by atoms with van der Waals surface area (Å²) in [5, 5.41) is 0.721. The lowest BCUT2D eigenvalue weighted by molar-refractivity contribution is -0.134. The van der Waals surface area contributed by atoms with E-state index in [0.717, 1.165) is 29.0 Å². The summed E-state index contributed by atoms with van der Waals surface area (Å²) in [6.45, 7) is 8.32. The topological polar surface area (TPSA) is 49.9 Å². The van der Waals surface area contributed by atoms with Crippen LogP contribution in [-0.4, -0.2) is 54.4 Å². The molecule has 0 radical (unpaired) electrons. The van der Waals surface area contributed by atoms with Gasteiger partial charge < -0.3 is 14.5 Å². The minimum Gasteiger partial charge on any atom is -0.484 e. The van der Waals surface area contributed by atoms with Crippen LogP contribution in [0.25, 0.3) is 0 Å². The van der Waals surface area contributed by atoms with Gasteiger partial charge in [0.1, 0.15) is 5.75 Å². The highest BCUT2D eigenvalue weighted by atomic mass is 35.5. The van der Waals surface area contributed by atoms with E-state index in [1.165, 1.54) is 11.1 Å². The molecule has 1 heterocycles. The van der Waals surface area contributed by atoms with Crippen molar-refractivity contribution < 1.29 is 14.3 Å². The number of aryl methyl sites for hydroxylation is 4. The van der Waals surface area contributed by atoms with E-state index in [9.17, 15) is 9.59 Å². The molecule has 0 bridgehead atoms. The number of nitrogens with zero attached hydrogens (tertiary/aromatic N) is 2. The molecule has 2 aromatic rings. The number of hydrogen-bond acceptors (Lipinski definition) is 3. The van der Waals surface area contributed by atoms with E-state index < -0.39 is 0 Å². The van der Waals surface area contributed by atoms with Gasteiger partial charge in [0, 0.05) is 37.6 Å². The van der Waals surface area contributed by atoms with E-state index >= 15 is 0 Å². The number of carbonyl (C=O) groups excluding carboxylic acids is 2. The summed E-state index contributed by atoms with van der Waals surface area (Å²) >= 11 is 6.19. The van der Waals surface area contributed by atoms with Crippen LogP contribution in [0.2, 0.25) is 5.02 Å². The van der Waals surface area contributed by atoms with Crippen LogP contribution in [0.3, 0.4) is 0 Å². The fraction of sp³-hybridized carbons (Fsp3) is 0.440. The fourth-order valence-corrected chi connectivity index (χ4v) is 3.92. The second-order valence-electron chi connectivity index (χ2n) is 8.26. The first kappa shape index (κ1) is 23.1. The van der Waals surface area contributed by atoms with Gasteiger partial charge in [-0.25, -0.2) is 0 Å². The van der Waals surface area contributed by atoms with Crippen LogP contribution in [-0.2, 0) is 16.0 Å². The van der Waals surface area contributed by atoms with Crippen molar-refractivity contribution in [2.24, 2.45) is 0 Å². The maximum Gasteiger partial charge on any atom is 0.260 e. The number of hydrogen-bond donors (Lipinski definition) is 0. The molecule has 31 heavy (non-hydrogen) atoms. The van der Waals surface area contributed by atoms with Gasteiger partial charge in [-0.3, -0.25) is 9.59 Å². The van der Waals surface area contributed by atoms with Crippen LogP contribution in [0.4, 0.5) is 0 Å². The number of halogens is 1. The number of amides is 2. The SMILES string of the molecule is Cc1ccc(CCC(=O)N2CCCN(C(=O)COc3cc(C)c(Cl)c(C)c3)CC2)cc1. The number of benzene rings is 2. The van der Waals surface area contributed by atoms with E-state index in [4.69, 9.17) is 16.3 Å². The van der Waals surface area contributed by atoms with Crippen LogP contribution in [0.1, 0.15) is 35.1 Å². The Bertz CT molecular complexity index is 904. The first-order valence-electron chi connectivity index (χ1n) is 10.8. The summed E-state index contributed by atoms with van der Waals surface area (Å²) in [6.07, 6.45) is 2.02. The zero-order valence-corrected chi connectivity index (χ0v) is 19.4. The van der Waals surface area contributed by atoms with Gasteiger partial charge in [0.2, 0.25) is 5.91 Å². The maximum absolute atomic E-state index is 12.7. The number of carbonyl (C=O) groups is 2. The molecule has 0 unspecified atom stereocenters. The van der Waals surface area contributed by atoms with Gasteiger partial charge in [-0.15, -0.1) is 0 Å². The molecule has 0 aliphatic carbocycles. The minimum atomic E-state index is -0.0563. The van der Waals surface area contributed by atoms with Crippen molar-refractivity contribution in [1.82, 2.24) is 9.80 Å². The number of rotatable bonds is 6. The summed E-state index contributed by atoms with van der Waals surface area (Å²) in [4.78, 5) is 29.0. The molecule has 5 nitrogen and oxygen atoms in total. The predicted molar refractivity (Wildman–Crippen MR) is 124 cm³/mol. The van der Waals surface area contributed by atoms with Crippen molar-refractivity contribution in [3.05, 3.63) is 63.7 Å². The Morgan fingerprint density at radius 1 is 0.903 bits per heavy atom. The first-order valence-corrected chi connectivity index (χ1v) is 11.2. The summed E-state index contributed by atoms with van der Waals surface area (Å²) in [5.41, 5.74) is 4.26. The molecule has 1 saturated heterocycles. The summed E-state index contributed by atoms with van der Waals surface area (Å²) in [6, 6.07) is 12.0. The molecule has 0 spiro atoms. The second kappa shape index (κ2) is 10.7. The third kappa shape index (κ3) is 6.47. The smallest absolute Gasteiger partial charge is 0.260 e. The molecule has 1 fully saturated rings. The van der Waals surface area contributed by atoms with E-state index in [1.807, 2.05) is 30.9 Å². The Hall–Kier alpha value is -2.53. The molecule has 1 aliphatic rings. The van der Waals surface area contributed by atoms with Gasteiger partial charge >= 0.3 is 0 Å². The molecule has 6 heteroatoms. The van der Waals surface area contributed by atoms with Gasteiger partial charge in [0.05, 0.1) is 0 Å². The Balaban J connectivity index is 1.46.